The van der Waals surface area contributed by atoms with Gasteiger partial charge in [0.05, 0.1) is 6.42 Å². The summed E-state index contributed by atoms with van der Waals surface area (Å²) in [6.07, 6.45) is 3.28. The molecule has 1 unspecified atom stereocenters. The molecule has 2 aromatic carbocycles. The van der Waals surface area contributed by atoms with Gasteiger partial charge in [0, 0.05) is 13.0 Å². The highest BCUT2D eigenvalue weighted by Crippen LogP contribution is 2.35. The number of rotatable bonds is 8. The van der Waals surface area contributed by atoms with Crippen LogP contribution in [0.15, 0.2) is 30.3 Å². The second-order valence-electron chi connectivity index (χ2n) is 7.67. The lowest BCUT2D eigenvalue weighted by Crippen LogP contribution is -2.12. The van der Waals surface area contributed by atoms with E-state index in [9.17, 15) is 13.2 Å². The number of hydrogen-bond acceptors (Lipinski definition) is 1. The van der Waals surface area contributed by atoms with Crippen LogP contribution in [0.1, 0.15) is 60.4 Å². The van der Waals surface area contributed by atoms with Crippen LogP contribution in [-0.2, 0) is 19.4 Å². The van der Waals surface area contributed by atoms with Gasteiger partial charge in [0.1, 0.15) is 0 Å². The topological polar surface area (TPSA) is 12.0 Å². The van der Waals surface area contributed by atoms with E-state index in [1.54, 1.807) is 6.92 Å². The van der Waals surface area contributed by atoms with Crippen molar-refractivity contribution in [1.29, 1.82) is 0 Å². The van der Waals surface area contributed by atoms with Crippen molar-refractivity contribution in [2.24, 2.45) is 0 Å². The third-order valence-corrected chi connectivity index (χ3v) is 5.40. The molecule has 0 fully saturated rings. The van der Waals surface area contributed by atoms with Crippen molar-refractivity contribution in [2.45, 2.75) is 65.1 Å². The standard InChI is InChI=1S/C25H30F3N/c1-6-8-22-18(4)24(14-21(16-29-5)23(22)9-7-2)20-12-10-19(11-13-20)17(3)15-25(26,27)28/h1,10-14,17,29H,7-9,15-16H2,2-5H3. The molecule has 0 aliphatic carbocycles. The third-order valence-electron chi connectivity index (χ3n) is 5.40. The van der Waals surface area contributed by atoms with Crippen LogP contribution in [-0.4, -0.2) is 13.2 Å². The molecule has 1 atom stereocenters. The molecule has 0 radical (unpaired) electrons. The summed E-state index contributed by atoms with van der Waals surface area (Å²) in [5.41, 5.74) is 7.70. The van der Waals surface area contributed by atoms with Gasteiger partial charge in [0.25, 0.3) is 0 Å². The summed E-state index contributed by atoms with van der Waals surface area (Å²) in [6, 6.07) is 9.66. The van der Waals surface area contributed by atoms with Gasteiger partial charge in [-0.15, -0.1) is 12.3 Å². The zero-order valence-electron chi connectivity index (χ0n) is 17.7. The van der Waals surface area contributed by atoms with Crippen molar-refractivity contribution in [3.05, 3.63) is 58.1 Å². The Labute approximate surface area is 172 Å². The smallest absolute Gasteiger partial charge is 0.316 e. The van der Waals surface area contributed by atoms with E-state index in [1.165, 1.54) is 16.7 Å². The zero-order valence-corrected chi connectivity index (χ0v) is 17.7. The van der Waals surface area contributed by atoms with Gasteiger partial charge in [0.15, 0.2) is 0 Å². The van der Waals surface area contributed by atoms with Crippen LogP contribution >= 0.6 is 0 Å². The number of hydrogen-bond donors (Lipinski definition) is 1. The zero-order chi connectivity index (χ0) is 21.6. The highest BCUT2D eigenvalue weighted by Gasteiger charge is 2.30. The van der Waals surface area contributed by atoms with Gasteiger partial charge in [-0.1, -0.05) is 44.5 Å². The van der Waals surface area contributed by atoms with Crippen molar-refractivity contribution >= 4 is 0 Å². The highest BCUT2D eigenvalue weighted by molar-refractivity contribution is 5.71. The second-order valence-corrected chi connectivity index (χ2v) is 7.67. The van der Waals surface area contributed by atoms with E-state index in [-0.39, 0.29) is 0 Å². The molecule has 2 rings (SSSR count). The molecule has 1 nitrogen and oxygen atoms in total. The normalized spacial score (nSPS) is 12.6. The Morgan fingerprint density at radius 3 is 2.31 bits per heavy atom. The minimum atomic E-state index is -4.16. The average Bonchev–Trinajstić information content (AvgIpc) is 2.65. The summed E-state index contributed by atoms with van der Waals surface area (Å²) in [6.45, 7) is 6.61. The molecule has 0 aliphatic rings. The first-order valence-corrected chi connectivity index (χ1v) is 10.1. The lowest BCUT2D eigenvalue weighted by Gasteiger charge is -2.20. The minimum Gasteiger partial charge on any atom is -0.316 e. The predicted octanol–water partition coefficient (Wildman–Crippen LogP) is 6.57. The van der Waals surface area contributed by atoms with Crippen molar-refractivity contribution in [2.75, 3.05) is 7.05 Å². The molecule has 0 aliphatic heterocycles. The highest BCUT2D eigenvalue weighted by atomic mass is 19.4. The Hall–Kier alpha value is -2.25. The van der Waals surface area contributed by atoms with E-state index in [0.29, 0.717) is 12.0 Å². The molecule has 29 heavy (non-hydrogen) atoms. The first-order valence-electron chi connectivity index (χ1n) is 10.1. The van der Waals surface area contributed by atoms with Crippen LogP contribution < -0.4 is 5.32 Å². The molecular weight excluding hydrogens is 371 g/mol. The number of nitrogens with one attached hydrogen (secondary N) is 1. The van der Waals surface area contributed by atoms with Gasteiger partial charge in [-0.3, -0.25) is 0 Å². The van der Waals surface area contributed by atoms with Crippen LogP contribution in [0.2, 0.25) is 0 Å². The molecule has 0 saturated carbocycles. The summed E-state index contributed by atoms with van der Waals surface area (Å²) >= 11 is 0. The maximum absolute atomic E-state index is 12.7. The van der Waals surface area contributed by atoms with Gasteiger partial charge in [-0.25, -0.2) is 0 Å². The van der Waals surface area contributed by atoms with Gasteiger partial charge in [0.2, 0.25) is 0 Å². The van der Waals surface area contributed by atoms with Crippen LogP contribution in [0.25, 0.3) is 11.1 Å². The van der Waals surface area contributed by atoms with Crippen LogP contribution in [0.3, 0.4) is 0 Å². The molecule has 0 saturated heterocycles. The molecule has 156 valence electrons. The Bertz CT molecular complexity index is 858. The van der Waals surface area contributed by atoms with E-state index in [2.05, 4.69) is 31.2 Å². The maximum Gasteiger partial charge on any atom is 0.389 e. The molecule has 0 bridgehead atoms. The van der Waals surface area contributed by atoms with Gasteiger partial charge in [-0.05, 0) is 71.3 Å². The Balaban J connectivity index is 2.49. The van der Waals surface area contributed by atoms with Gasteiger partial charge >= 0.3 is 6.18 Å². The van der Waals surface area contributed by atoms with Crippen molar-refractivity contribution in [3.63, 3.8) is 0 Å². The average molecular weight is 402 g/mol. The summed E-state index contributed by atoms with van der Waals surface area (Å²) in [4.78, 5) is 0. The van der Waals surface area contributed by atoms with Crippen molar-refractivity contribution in [3.8, 4) is 23.5 Å². The molecule has 2 aromatic rings. The molecule has 4 heteroatoms. The minimum absolute atomic E-state index is 0.561. The first kappa shape index (κ1) is 23.0. The summed E-state index contributed by atoms with van der Waals surface area (Å²) in [5, 5.41) is 3.24. The largest absolute Gasteiger partial charge is 0.389 e. The maximum atomic E-state index is 12.7. The van der Waals surface area contributed by atoms with Crippen LogP contribution in [0.4, 0.5) is 13.2 Å². The van der Waals surface area contributed by atoms with E-state index >= 15 is 0 Å². The molecule has 1 N–H and O–H groups in total. The van der Waals surface area contributed by atoms with Gasteiger partial charge in [-0.2, -0.15) is 13.2 Å². The number of halogens is 3. The lowest BCUT2D eigenvalue weighted by atomic mass is 9.85. The molecule has 0 amide bonds. The van der Waals surface area contributed by atoms with E-state index in [1.807, 2.05) is 31.3 Å². The van der Waals surface area contributed by atoms with E-state index < -0.39 is 18.5 Å². The molecule has 0 heterocycles. The van der Waals surface area contributed by atoms with Crippen LogP contribution in [0, 0.1) is 19.3 Å². The fourth-order valence-electron chi connectivity index (χ4n) is 3.96. The first-order chi connectivity index (χ1) is 13.7. The number of benzene rings is 2. The van der Waals surface area contributed by atoms with E-state index in [0.717, 1.165) is 36.1 Å². The monoisotopic (exact) mass is 401 g/mol. The van der Waals surface area contributed by atoms with Crippen molar-refractivity contribution < 1.29 is 13.2 Å². The predicted molar refractivity (Wildman–Crippen MR) is 115 cm³/mol. The Morgan fingerprint density at radius 2 is 1.79 bits per heavy atom. The molecular formula is C25H30F3N. The molecule has 0 aromatic heterocycles. The summed E-state index contributed by atoms with van der Waals surface area (Å²) in [7, 11) is 1.92. The summed E-state index contributed by atoms with van der Waals surface area (Å²) < 4.78 is 38.1. The quantitative estimate of drug-likeness (QED) is 0.494. The Morgan fingerprint density at radius 1 is 1.14 bits per heavy atom. The third kappa shape index (κ3) is 5.87. The van der Waals surface area contributed by atoms with Gasteiger partial charge < -0.3 is 5.32 Å². The second kappa shape index (κ2) is 9.98. The fraction of sp³-hybridized carbons (Fsp3) is 0.440. The SMILES string of the molecule is C#CCc1c(C)c(-c2ccc(C(C)CC(F)(F)F)cc2)cc(CNC)c1CCC. The van der Waals surface area contributed by atoms with Crippen LogP contribution in [0.5, 0.6) is 0 Å². The summed E-state index contributed by atoms with van der Waals surface area (Å²) in [5.74, 6) is 2.23. The Kier molecular flexibility index (Phi) is 7.93. The molecule has 0 spiro atoms. The lowest BCUT2D eigenvalue weighted by molar-refractivity contribution is -0.137. The van der Waals surface area contributed by atoms with E-state index in [4.69, 9.17) is 6.42 Å². The number of alkyl halides is 3. The van der Waals surface area contributed by atoms with Crippen molar-refractivity contribution in [1.82, 2.24) is 5.32 Å². The fourth-order valence-corrected chi connectivity index (χ4v) is 3.96. The number of terminal acetylenes is 1.